The lowest BCUT2D eigenvalue weighted by Crippen LogP contribution is -2.25. The molecule has 0 saturated carbocycles. The van der Waals surface area contributed by atoms with Gasteiger partial charge in [-0.25, -0.2) is 0 Å². The monoisotopic (exact) mass is 898 g/mol. The highest BCUT2D eigenvalue weighted by Gasteiger charge is 2.38. The van der Waals surface area contributed by atoms with Crippen molar-refractivity contribution in [1.82, 2.24) is 0 Å². The van der Waals surface area contributed by atoms with Gasteiger partial charge in [0, 0.05) is 57.2 Å². The van der Waals surface area contributed by atoms with Crippen LogP contribution < -0.4 is 32.7 Å². The molecule has 0 unspecified atom stereocenters. The predicted octanol–water partition coefficient (Wildman–Crippen LogP) is 5.52. The summed E-state index contributed by atoms with van der Waals surface area (Å²) in [6, 6.07) is 25.5. The zero-order valence-electron chi connectivity index (χ0n) is 32.5. The Labute approximate surface area is 362 Å². The Morgan fingerprint density at radius 2 is 0.734 bits per heavy atom. The molecule has 0 radical (unpaired) electrons. The molecule has 0 saturated heterocycles. The quantitative estimate of drug-likeness (QED) is 0.0476. The number of ketones is 4. The van der Waals surface area contributed by atoms with Gasteiger partial charge in [-0.3, -0.25) is 37.9 Å². The highest BCUT2D eigenvalue weighted by Crippen LogP contribution is 2.42. The van der Waals surface area contributed by atoms with Crippen molar-refractivity contribution in [3.63, 3.8) is 0 Å². The molecule has 0 aliphatic heterocycles. The van der Waals surface area contributed by atoms with E-state index in [0.29, 0.717) is 0 Å². The molecule has 2 amide bonds. The van der Waals surface area contributed by atoms with E-state index >= 15 is 0 Å². The highest BCUT2D eigenvalue weighted by molar-refractivity contribution is 7.86. The minimum atomic E-state index is -4.94. The molecule has 320 valence electrons. The number of nitrogens with two attached hydrogens (primary N) is 2. The van der Waals surface area contributed by atoms with Crippen molar-refractivity contribution < 1.29 is 54.7 Å². The van der Waals surface area contributed by atoms with Gasteiger partial charge in [0.15, 0.2) is 23.1 Å². The van der Waals surface area contributed by atoms with Crippen LogP contribution in [0.4, 0.5) is 45.5 Å². The summed E-state index contributed by atoms with van der Waals surface area (Å²) in [5.41, 5.74) is 10.8. The van der Waals surface area contributed by atoms with Crippen LogP contribution in [0, 0.1) is 0 Å². The van der Waals surface area contributed by atoms with Crippen LogP contribution in [0.2, 0.25) is 0 Å². The predicted molar refractivity (Wildman–Crippen MR) is 234 cm³/mol. The van der Waals surface area contributed by atoms with Crippen LogP contribution in [0.3, 0.4) is 0 Å². The summed E-state index contributed by atoms with van der Waals surface area (Å²) in [7, 11) is -9.88. The van der Waals surface area contributed by atoms with Gasteiger partial charge in [-0.15, -0.1) is 0 Å². The van der Waals surface area contributed by atoms with Gasteiger partial charge in [0.1, 0.15) is 9.79 Å². The third kappa shape index (κ3) is 7.75. The van der Waals surface area contributed by atoms with E-state index in [1.54, 1.807) is 12.1 Å². The summed E-state index contributed by atoms with van der Waals surface area (Å²) in [5.74, 6) is -4.02. The second-order valence-corrected chi connectivity index (χ2v) is 17.0. The first-order valence-electron chi connectivity index (χ1n) is 18.6. The van der Waals surface area contributed by atoms with Gasteiger partial charge in [0.25, 0.3) is 20.2 Å². The third-order valence-corrected chi connectivity index (χ3v) is 12.0. The molecule has 8 rings (SSSR count). The normalized spacial score (nSPS) is 13.1. The molecule has 0 fully saturated rings. The largest absolute Gasteiger partial charge is 0.397 e. The number of rotatable bonds is 10. The molecule has 6 aromatic carbocycles. The number of hydrogen-bond donors (Lipinski definition) is 8. The lowest BCUT2D eigenvalue weighted by atomic mass is 9.82. The summed E-state index contributed by atoms with van der Waals surface area (Å²) in [4.78, 5) is 77.9. The molecule has 2 aliphatic carbocycles. The summed E-state index contributed by atoms with van der Waals surface area (Å²) in [6.45, 7) is 0. The average molecular weight is 899 g/mol. The maximum Gasteiger partial charge on any atom is 0.296 e. The molecule has 0 spiro atoms. The van der Waals surface area contributed by atoms with Gasteiger partial charge >= 0.3 is 0 Å². The number of nitrogen functional groups attached to an aromatic ring is 2. The van der Waals surface area contributed by atoms with E-state index < -0.39 is 76.3 Å². The maximum atomic E-state index is 13.6. The number of benzene rings is 6. The van der Waals surface area contributed by atoms with Crippen LogP contribution in [0.15, 0.2) is 131 Å². The molecule has 18 nitrogen and oxygen atoms in total. The van der Waals surface area contributed by atoms with E-state index in [0.717, 1.165) is 24.3 Å². The molecule has 0 bridgehead atoms. The molecule has 64 heavy (non-hydrogen) atoms. The van der Waals surface area contributed by atoms with Gasteiger partial charge in [-0.1, -0.05) is 48.5 Å². The number of nitrogens with one attached hydrogen (secondary N) is 4. The van der Waals surface area contributed by atoms with Crippen LogP contribution in [-0.2, 0) is 29.8 Å². The first-order valence-corrected chi connectivity index (χ1v) is 21.5. The standard InChI is InChI=1S/C44H30N6O12S2/c45-39-31(63(57,58)59)19-29(35-37(39)43(55)27-7-3-1-5-25(27)41(35)53)47-21-9-13-23(14-10-21)49-33(51)17-18-34(52)50-24-15-11-22(12-16-24)48-30-20-32(64(60,61)62)40(46)38-36(30)42(54)26-6-2-4-8-28(26)44(38)56/h1-20,47-48H,45-46H2,(H,49,51)(H,50,52)(H,57,58,59)(H,60,61,62)/b18-17+. The Morgan fingerprint density at radius 3 is 1.03 bits per heavy atom. The SMILES string of the molecule is Nc1c(S(=O)(=O)O)cc(Nc2ccc(NC(=O)/C=C/C(=O)Nc3ccc(Nc4cc(S(=O)(=O)O)c(N)c5c4C(=O)c4ccccc4C5=O)cc3)cc2)c2c1C(=O)c1ccccc1C2=O. The Hall–Kier alpha value is -8.30. The van der Waals surface area contributed by atoms with Crippen LogP contribution in [0.5, 0.6) is 0 Å². The molecule has 20 heteroatoms. The second-order valence-electron chi connectivity index (χ2n) is 14.2. The van der Waals surface area contributed by atoms with Crippen molar-refractivity contribution >= 4 is 101 Å². The molecule has 6 aromatic rings. The van der Waals surface area contributed by atoms with Gasteiger partial charge < -0.3 is 32.7 Å². The number of hydrogen-bond acceptors (Lipinski definition) is 14. The molecule has 0 aromatic heterocycles. The van der Waals surface area contributed by atoms with Gasteiger partial charge in [-0.2, -0.15) is 16.8 Å². The van der Waals surface area contributed by atoms with Gasteiger partial charge in [-0.05, 0) is 60.7 Å². The van der Waals surface area contributed by atoms with Crippen LogP contribution >= 0.6 is 0 Å². The van der Waals surface area contributed by atoms with E-state index in [1.165, 1.54) is 84.9 Å². The molecular weight excluding hydrogens is 869 g/mol. The summed E-state index contributed by atoms with van der Waals surface area (Å²) < 4.78 is 68.7. The Morgan fingerprint density at radius 1 is 0.453 bits per heavy atom. The van der Waals surface area contributed by atoms with Crippen LogP contribution in [-0.4, -0.2) is 60.9 Å². The first kappa shape index (κ1) is 42.4. The smallest absolute Gasteiger partial charge is 0.296 e. The molecule has 2 aliphatic rings. The maximum absolute atomic E-state index is 13.6. The number of amides is 2. The van der Waals surface area contributed by atoms with Crippen molar-refractivity contribution in [1.29, 1.82) is 0 Å². The number of carbonyl (C=O) groups is 6. The topological polar surface area (TPSA) is 311 Å². The third-order valence-electron chi connectivity index (χ3n) is 10.2. The van der Waals surface area contributed by atoms with Crippen molar-refractivity contribution in [2.45, 2.75) is 9.79 Å². The first-order chi connectivity index (χ1) is 30.3. The second kappa shape index (κ2) is 15.9. The van der Waals surface area contributed by atoms with E-state index in [9.17, 15) is 54.7 Å². The van der Waals surface area contributed by atoms with Crippen molar-refractivity contribution in [3.05, 3.63) is 166 Å². The lowest BCUT2D eigenvalue weighted by molar-refractivity contribution is -0.114. The molecule has 0 heterocycles. The fourth-order valence-corrected chi connectivity index (χ4v) is 8.61. The van der Waals surface area contributed by atoms with Crippen molar-refractivity contribution in [3.8, 4) is 0 Å². The molecule has 10 N–H and O–H groups in total. The Balaban J connectivity index is 0.931. The fraction of sp³-hybridized carbons (Fsp3) is 0. The summed E-state index contributed by atoms with van der Waals surface area (Å²) >= 11 is 0. The minimum Gasteiger partial charge on any atom is -0.397 e. The van der Waals surface area contributed by atoms with E-state index in [1.807, 2.05) is 0 Å². The molecule has 0 atom stereocenters. The van der Waals surface area contributed by atoms with E-state index in [2.05, 4.69) is 21.3 Å². The van der Waals surface area contributed by atoms with Crippen molar-refractivity contribution in [2.75, 3.05) is 32.7 Å². The van der Waals surface area contributed by atoms with Crippen LogP contribution in [0.25, 0.3) is 0 Å². The van der Waals surface area contributed by atoms with Gasteiger partial charge in [0.2, 0.25) is 11.8 Å². The van der Waals surface area contributed by atoms with E-state index in [4.69, 9.17) is 11.5 Å². The Kier molecular flexibility index (Phi) is 10.5. The average Bonchev–Trinajstić information content (AvgIpc) is 3.25. The molecular formula is C44H30N6O12S2. The summed E-state index contributed by atoms with van der Waals surface area (Å²) in [6.07, 6.45) is 1.92. The zero-order valence-corrected chi connectivity index (χ0v) is 34.1. The highest BCUT2D eigenvalue weighted by atomic mass is 32.2. The summed E-state index contributed by atoms with van der Waals surface area (Å²) in [5, 5.41) is 10.9. The number of carbonyl (C=O) groups excluding carboxylic acids is 6. The number of anilines is 8. The van der Waals surface area contributed by atoms with E-state index in [-0.39, 0.29) is 78.6 Å². The lowest BCUT2D eigenvalue weighted by Gasteiger charge is -2.23. The van der Waals surface area contributed by atoms with Crippen LogP contribution in [0.1, 0.15) is 63.7 Å². The van der Waals surface area contributed by atoms with Gasteiger partial charge in [0.05, 0.1) is 45.0 Å². The minimum absolute atomic E-state index is 0.0175. The number of fused-ring (bicyclic) bond motifs is 4. The zero-order chi connectivity index (χ0) is 45.8. The fourth-order valence-electron chi connectivity index (χ4n) is 7.32. The Bertz CT molecular complexity index is 3130. The van der Waals surface area contributed by atoms with Crippen molar-refractivity contribution in [2.24, 2.45) is 0 Å².